The molecule has 164 valence electrons. The second-order valence-corrected chi connectivity index (χ2v) is 10.3. The highest BCUT2D eigenvalue weighted by Gasteiger charge is 2.32. The van der Waals surface area contributed by atoms with Gasteiger partial charge in [0.1, 0.15) is 11.6 Å². The van der Waals surface area contributed by atoms with Crippen molar-refractivity contribution >= 4 is 21.8 Å². The van der Waals surface area contributed by atoms with Gasteiger partial charge in [0.25, 0.3) is 10.0 Å². The first-order valence-electron chi connectivity index (χ1n) is 10.6. The van der Waals surface area contributed by atoms with Crippen LogP contribution in [0.5, 0.6) is 0 Å². The van der Waals surface area contributed by atoms with Crippen molar-refractivity contribution in [3.05, 3.63) is 23.8 Å². The van der Waals surface area contributed by atoms with E-state index in [-0.39, 0.29) is 10.9 Å². The molecule has 0 aliphatic carbocycles. The Hall–Kier alpha value is -2.20. The molecule has 0 saturated carbocycles. The van der Waals surface area contributed by atoms with E-state index in [1.54, 1.807) is 10.8 Å². The van der Waals surface area contributed by atoms with E-state index in [1.165, 1.54) is 17.1 Å². The predicted molar refractivity (Wildman–Crippen MR) is 116 cm³/mol. The smallest absolute Gasteiger partial charge is 0.262 e. The fourth-order valence-corrected chi connectivity index (χ4v) is 5.57. The van der Waals surface area contributed by atoms with Gasteiger partial charge in [0, 0.05) is 70.2 Å². The molecule has 2 saturated heterocycles. The Balaban J connectivity index is 1.48. The Morgan fingerprint density at radius 2 is 1.60 bits per heavy atom. The van der Waals surface area contributed by atoms with Crippen molar-refractivity contribution in [2.45, 2.75) is 44.6 Å². The topological polar surface area (TPSA) is 87.5 Å². The number of aromatic nitrogens is 4. The third-order valence-corrected chi connectivity index (χ3v) is 7.56. The van der Waals surface area contributed by atoms with E-state index in [4.69, 9.17) is 4.98 Å². The highest BCUT2D eigenvalue weighted by atomic mass is 32.2. The van der Waals surface area contributed by atoms with E-state index in [0.29, 0.717) is 26.2 Å². The van der Waals surface area contributed by atoms with Gasteiger partial charge in [0.15, 0.2) is 5.03 Å². The van der Waals surface area contributed by atoms with Crippen LogP contribution in [0.3, 0.4) is 0 Å². The largest absolute Gasteiger partial charge is 0.354 e. The van der Waals surface area contributed by atoms with Gasteiger partial charge in [-0.3, -0.25) is 0 Å². The summed E-state index contributed by atoms with van der Waals surface area (Å²) in [6, 6.07) is 1.98. The van der Waals surface area contributed by atoms with Crippen molar-refractivity contribution in [1.29, 1.82) is 0 Å². The van der Waals surface area contributed by atoms with Crippen LogP contribution in [0.1, 0.15) is 44.1 Å². The Bertz CT molecular complexity index is 1000. The van der Waals surface area contributed by atoms with Gasteiger partial charge < -0.3 is 14.4 Å². The maximum atomic E-state index is 13.1. The molecule has 0 amide bonds. The molecule has 2 aromatic heterocycles. The van der Waals surface area contributed by atoms with Crippen LogP contribution in [0.15, 0.2) is 17.3 Å². The molecule has 0 bridgehead atoms. The number of hydrogen-bond donors (Lipinski definition) is 0. The SMILES string of the molecule is Cc1cc(N2CCN(S(=O)(=O)c3cn(C)c(C(C)C)n3)CC2)nc(N2CCCC2)n1. The molecule has 9 nitrogen and oxygen atoms in total. The number of hydrogen-bond acceptors (Lipinski definition) is 7. The van der Waals surface area contributed by atoms with E-state index >= 15 is 0 Å². The molecule has 2 fully saturated rings. The lowest BCUT2D eigenvalue weighted by Crippen LogP contribution is -2.49. The van der Waals surface area contributed by atoms with Gasteiger partial charge in [-0.05, 0) is 19.8 Å². The molecule has 10 heteroatoms. The number of nitrogens with zero attached hydrogens (tertiary/aromatic N) is 7. The van der Waals surface area contributed by atoms with Crippen LogP contribution in [0.25, 0.3) is 0 Å². The van der Waals surface area contributed by atoms with E-state index in [1.807, 2.05) is 33.9 Å². The number of aryl methyl sites for hydroxylation is 2. The Kier molecular flexibility index (Phi) is 5.71. The maximum Gasteiger partial charge on any atom is 0.262 e. The van der Waals surface area contributed by atoms with Gasteiger partial charge in [-0.25, -0.2) is 18.4 Å². The number of piperazine rings is 1. The van der Waals surface area contributed by atoms with Crippen LogP contribution in [0, 0.1) is 6.92 Å². The average Bonchev–Trinajstić information content (AvgIpc) is 3.38. The summed E-state index contributed by atoms with van der Waals surface area (Å²) in [4.78, 5) is 18.1. The Labute approximate surface area is 178 Å². The predicted octanol–water partition coefficient (Wildman–Crippen LogP) is 1.75. The van der Waals surface area contributed by atoms with Crippen LogP contribution >= 0.6 is 0 Å². The second kappa shape index (κ2) is 8.14. The Morgan fingerprint density at radius 3 is 2.20 bits per heavy atom. The lowest BCUT2D eigenvalue weighted by atomic mass is 10.2. The Morgan fingerprint density at radius 1 is 0.933 bits per heavy atom. The van der Waals surface area contributed by atoms with Gasteiger partial charge in [-0.2, -0.15) is 9.29 Å². The molecule has 0 aromatic carbocycles. The quantitative estimate of drug-likeness (QED) is 0.710. The second-order valence-electron chi connectivity index (χ2n) is 8.46. The van der Waals surface area contributed by atoms with E-state index in [9.17, 15) is 8.42 Å². The monoisotopic (exact) mass is 433 g/mol. The first kappa shape index (κ1) is 21.0. The normalized spacial score (nSPS) is 18.6. The van der Waals surface area contributed by atoms with Gasteiger partial charge in [-0.15, -0.1) is 0 Å². The molecule has 4 heterocycles. The van der Waals surface area contributed by atoms with Crippen molar-refractivity contribution in [3.8, 4) is 0 Å². The molecule has 0 atom stereocenters. The fraction of sp³-hybridized carbons (Fsp3) is 0.650. The molecular weight excluding hydrogens is 402 g/mol. The standard InChI is InChI=1S/C20H31N7O2S/c1-15(2)19-23-18(14-24(19)4)30(28,29)27-11-9-25(10-12-27)17-13-16(3)21-20(22-17)26-7-5-6-8-26/h13-15H,5-12H2,1-4H3. The number of sulfonamides is 1. The summed E-state index contributed by atoms with van der Waals surface area (Å²) >= 11 is 0. The lowest BCUT2D eigenvalue weighted by molar-refractivity contribution is 0.382. The van der Waals surface area contributed by atoms with Crippen molar-refractivity contribution in [1.82, 2.24) is 23.8 Å². The summed E-state index contributed by atoms with van der Waals surface area (Å²) in [7, 11) is -1.76. The lowest BCUT2D eigenvalue weighted by Gasteiger charge is -2.34. The molecule has 2 aliphatic heterocycles. The van der Waals surface area contributed by atoms with Crippen LogP contribution in [-0.2, 0) is 17.1 Å². The van der Waals surface area contributed by atoms with E-state index in [0.717, 1.165) is 36.4 Å². The molecule has 4 rings (SSSR count). The molecule has 0 radical (unpaired) electrons. The van der Waals surface area contributed by atoms with Gasteiger partial charge >= 0.3 is 0 Å². The zero-order chi connectivity index (χ0) is 21.5. The van der Waals surface area contributed by atoms with Crippen molar-refractivity contribution in [2.24, 2.45) is 7.05 Å². The third-order valence-electron chi connectivity index (χ3n) is 5.79. The molecule has 0 N–H and O–H groups in total. The molecular formula is C20H31N7O2S. The zero-order valence-electron chi connectivity index (χ0n) is 18.2. The molecule has 0 spiro atoms. The first-order valence-corrected chi connectivity index (χ1v) is 12.1. The fourth-order valence-electron chi connectivity index (χ4n) is 4.16. The first-order chi connectivity index (χ1) is 14.3. The van der Waals surface area contributed by atoms with Gasteiger partial charge in [0.2, 0.25) is 5.95 Å². The van der Waals surface area contributed by atoms with Crippen LogP contribution in [0.4, 0.5) is 11.8 Å². The minimum Gasteiger partial charge on any atom is -0.354 e. The zero-order valence-corrected chi connectivity index (χ0v) is 19.1. The summed E-state index contributed by atoms with van der Waals surface area (Å²) in [5.74, 6) is 2.60. The molecule has 2 aliphatic rings. The maximum absolute atomic E-state index is 13.1. The van der Waals surface area contributed by atoms with E-state index in [2.05, 4.69) is 19.8 Å². The highest BCUT2D eigenvalue weighted by Crippen LogP contribution is 2.24. The highest BCUT2D eigenvalue weighted by molar-refractivity contribution is 7.89. The minimum atomic E-state index is -3.60. The van der Waals surface area contributed by atoms with Gasteiger partial charge in [-0.1, -0.05) is 13.8 Å². The summed E-state index contributed by atoms with van der Waals surface area (Å²) in [5.41, 5.74) is 0.937. The van der Waals surface area contributed by atoms with Crippen molar-refractivity contribution < 1.29 is 8.42 Å². The average molecular weight is 434 g/mol. The summed E-state index contributed by atoms with van der Waals surface area (Å²) < 4.78 is 29.5. The summed E-state index contributed by atoms with van der Waals surface area (Å²) in [6.07, 6.45) is 3.97. The third kappa shape index (κ3) is 4.02. The number of imidazole rings is 1. The van der Waals surface area contributed by atoms with E-state index < -0.39 is 10.0 Å². The summed E-state index contributed by atoms with van der Waals surface area (Å²) in [5, 5.41) is 0.136. The number of anilines is 2. The molecule has 30 heavy (non-hydrogen) atoms. The van der Waals surface area contributed by atoms with Crippen molar-refractivity contribution in [2.75, 3.05) is 49.1 Å². The van der Waals surface area contributed by atoms with Gasteiger partial charge in [0.05, 0.1) is 0 Å². The van der Waals surface area contributed by atoms with Crippen LogP contribution in [0.2, 0.25) is 0 Å². The van der Waals surface area contributed by atoms with Crippen molar-refractivity contribution in [3.63, 3.8) is 0 Å². The number of rotatable bonds is 5. The van der Waals surface area contributed by atoms with Crippen LogP contribution < -0.4 is 9.80 Å². The summed E-state index contributed by atoms with van der Waals surface area (Å²) in [6.45, 7) is 10.0. The minimum absolute atomic E-state index is 0.136. The molecule has 2 aromatic rings. The molecule has 0 unspecified atom stereocenters. The van der Waals surface area contributed by atoms with Crippen LogP contribution in [-0.4, -0.2) is 71.5 Å².